The lowest BCUT2D eigenvalue weighted by atomic mass is 10.0. The van der Waals surface area contributed by atoms with Crippen LogP contribution in [0.4, 0.5) is 0 Å². The van der Waals surface area contributed by atoms with E-state index in [0.29, 0.717) is 13.0 Å². The van der Waals surface area contributed by atoms with E-state index in [1.807, 2.05) is 51.1 Å². The molecule has 2 atom stereocenters. The molecule has 0 heterocycles. The maximum atomic E-state index is 12.2. The number of esters is 2. The van der Waals surface area contributed by atoms with Gasteiger partial charge in [0.2, 0.25) is 0 Å². The van der Waals surface area contributed by atoms with Gasteiger partial charge in [0.25, 0.3) is 0 Å². The normalized spacial score (nSPS) is 13.9. The summed E-state index contributed by atoms with van der Waals surface area (Å²) in [6.45, 7) is 9.22. The van der Waals surface area contributed by atoms with Crippen molar-refractivity contribution in [1.29, 1.82) is 0 Å². The van der Waals surface area contributed by atoms with Gasteiger partial charge in [-0.25, -0.2) is 0 Å². The molecule has 0 aliphatic heterocycles. The average molecular weight is 335 g/mol. The Hall–Kier alpha value is -1.88. The van der Waals surface area contributed by atoms with E-state index in [0.717, 1.165) is 12.0 Å². The maximum absolute atomic E-state index is 12.2. The number of benzene rings is 1. The van der Waals surface area contributed by atoms with Crippen LogP contribution in [0.15, 0.2) is 30.3 Å². The summed E-state index contributed by atoms with van der Waals surface area (Å²) in [7, 11) is 0. The van der Waals surface area contributed by atoms with Crippen molar-refractivity contribution in [2.24, 2.45) is 0 Å². The van der Waals surface area contributed by atoms with Gasteiger partial charge in [-0.1, -0.05) is 30.3 Å². The van der Waals surface area contributed by atoms with Crippen molar-refractivity contribution in [2.75, 3.05) is 6.61 Å². The fourth-order valence-corrected chi connectivity index (χ4v) is 2.23. The van der Waals surface area contributed by atoms with Gasteiger partial charge in [0.1, 0.15) is 17.7 Å². The molecule has 0 radical (unpaired) electrons. The number of hydrogen-bond donors (Lipinski definition) is 1. The van der Waals surface area contributed by atoms with E-state index in [2.05, 4.69) is 5.32 Å². The Morgan fingerprint density at radius 3 is 2.29 bits per heavy atom. The second-order valence-electron chi connectivity index (χ2n) is 6.75. The highest BCUT2D eigenvalue weighted by Gasteiger charge is 2.27. The lowest BCUT2D eigenvalue weighted by Crippen LogP contribution is -2.48. The van der Waals surface area contributed by atoms with Crippen molar-refractivity contribution in [3.05, 3.63) is 35.9 Å². The minimum absolute atomic E-state index is 0.309. The lowest BCUT2D eigenvalue weighted by molar-refractivity contribution is -0.157. The number of carbonyl (C=O) groups excluding carboxylic acids is 2. The molecular weight excluding hydrogens is 306 g/mol. The number of carbonyl (C=O) groups is 2. The highest BCUT2D eigenvalue weighted by Crippen LogP contribution is 2.11. The fourth-order valence-electron chi connectivity index (χ4n) is 2.23. The van der Waals surface area contributed by atoms with Crippen molar-refractivity contribution in [1.82, 2.24) is 5.32 Å². The van der Waals surface area contributed by atoms with Gasteiger partial charge in [-0.2, -0.15) is 0 Å². The van der Waals surface area contributed by atoms with Gasteiger partial charge in [-0.15, -0.1) is 0 Å². The highest BCUT2D eigenvalue weighted by molar-refractivity contribution is 5.79. The smallest absolute Gasteiger partial charge is 0.323 e. The second kappa shape index (κ2) is 9.42. The van der Waals surface area contributed by atoms with Crippen LogP contribution in [0.25, 0.3) is 0 Å². The third-order valence-corrected chi connectivity index (χ3v) is 3.35. The molecule has 134 valence electrons. The van der Waals surface area contributed by atoms with Crippen molar-refractivity contribution in [2.45, 2.75) is 65.1 Å². The molecule has 0 saturated carbocycles. The van der Waals surface area contributed by atoms with Crippen LogP contribution in [0.1, 0.15) is 46.6 Å². The van der Waals surface area contributed by atoms with Gasteiger partial charge in [0.15, 0.2) is 0 Å². The molecule has 0 spiro atoms. The Kier molecular flexibility index (Phi) is 7.92. The van der Waals surface area contributed by atoms with Gasteiger partial charge in [-0.05, 0) is 53.0 Å². The lowest BCUT2D eigenvalue weighted by Gasteiger charge is -2.25. The first kappa shape index (κ1) is 20.2. The molecule has 1 aromatic rings. The summed E-state index contributed by atoms with van der Waals surface area (Å²) in [5.41, 5.74) is 0.578. The minimum Gasteiger partial charge on any atom is -0.465 e. The summed E-state index contributed by atoms with van der Waals surface area (Å²) >= 11 is 0. The topological polar surface area (TPSA) is 64.6 Å². The van der Waals surface area contributed by atoms with Crippen LogP contribution in [0.3, 0.4) is 0 Å². The largest absolute Gasteiger partial charge is 0.465 e. The van der Waals surface area contributed by atoms with Crippen LogP contribution in [0.5, 0.6) is 0 Å². The van der Waals surface area contributed by atoms with Crippen LogP contribution < -0.4 is 5.32 Å². The summed E-state index contributed by atoms with van der Waals surface area (Å²) in [5, 5.41) is 3.05. The molecule has 1 unspecified atom stereocenters. The van der Waals surface area contributed by atoms with E-state index in [1.54, 1.807) is 13.8 Å². The van der Waals surface area contributed by atoms with E-state index < -0.39 is 17.7 Å². The van der Waals surface area contributed by atoms with Crippen LogP contribution >= 0.6 is 0 Å². The van der Waals surface area contributed by atoms with Gasteiger partial charge in [0, 0.05) is 0 Å². The minimum atomic E-state index is -0.589. The van der Waals surface area contributed by atoms with Gasteiger partial charge >= 0.3 is 11.9 Å². The molecule has 0 aliphatic carbocycles. The molecule has 24 heavy (non-hydrogen) atoms. The van der Waals surface area contributed by atoms with Crippen molar-refractivity contribution in [3.8, 4) is 0 Å². The van der Waals surface area contributed by atoms with Crippen molar-refractivity contribution < 1.29 is 19.1 Å². The van der Waals surface area contributed by atoms with E-state index >= 15 is 0 Å². The number of hydrogen-bond acceptors (Lipinski definition) is 5. The molecule has 0 bridgehead atoms. The Morgan fingerprint density at radius 1 is 1.12 bits per heavy atom. The highest BCUT2D eigenvalue weighted by atomic mass is 16.6. The Labute approximate surface area is 144 Å². The molecule has 0 aromatic heterocycles. The summed E-state index contributed by atoms with van der Waals surface area (Å²) in [4.78, 5) is 24.3. The number of rotatable bonds is 8. The Morgan fingerprint density at radius 2 is 1.75 bits per heavy atom. The predicted molar refractivity (Wildman–Crippen MR) is 93.6 cm³/mol. The van der Waals surface area contributed by atoms with Crippen LogP contribution in [0.2, 0.25) is 0 Å². The zero-order valence-corrected chi connectivity index (χ0v) is 15.3. The molecule has 1 aromatic carbocycles. The quantitative estimate of drug-likeness (QED) is 0.740. The number of aryl methyl sites for hydroxylation is 1. The summed E-state index contributed by atoms with van der Waals surface area (Å²) in [6.07, 6.45) is 1.27. The monoisotopic (exact) mass is 335 g/mol. The Bertz CT molecular complexity index is 522. The first-order chi connectivity index (χ1) is 11.2. The van der Waals surface area contributed by atoms with Crippen molar-refractivity contribution in [3.63, 3.8) is 0 Å². The average Bonchev–Trinajstić information content (AvgIpc) is 2.50. The van der Waals surface area contributed by atoms with Gasteiger partial charge < -0.3 is 9.47 Å². The molecule has 5 nitrogen and oxygen atoms in total. The third kappa shape index (κ3) is 7.59. The number of ether oxygens (including phenoxy) is 2. The van der Waals surface area contributed by atoms with E-state index in [1.165, 1.54) is 0 Å². The molecule has 1 rings (SSSR count). The van der Waals surface area contributed by atoms with Gasteiger partial charge in [-0.3, -0.25) is 14.9 Å². The van der Waals surface area contributed by atoms with Crippen LogP contribution in [-0.2, 0) is 25.5 Å². The maximum Gasteiger partial charge on any atom is 0.323 e. The molecule has 0 saturated heterocycles. The Balaban J connectivity index is 2.68. The van der Waals surface area contributed by atoms with E-state index in [-0.39, 0.29) is 11.9 Å². The van der Waals surface area contributed by atoms with E-state index in [9.17, 15) is 9.59 Å². The number of nitrogens with one attached hydrogen (secondary N) is 1. The summed E-state index contributed by atoms with van der Waals surface area (Å²) in [6, 6.07) is 8.77. The summed E-state index contributed by atoms with van der Waals surface area (Å²) in [5.74, 6) is -0.722. The summed E-state index contributed by atoms with van der Waals surface area (Å²) < 4.78 is 10.5. The van der Waals surface area contributed by atoms with Crippen LogP contribution in [0, 0.1) is 0 Å². The third-order valence-electron chi connectivity index (χ3n) is 3.35. The van der Waals surface area contributed by atoms with Crippen molar-refractivity contribution >= 4 is 11.9 Å². The molecule has 0 fully saturated rings. The molecule has 0 aliphatic rings. The molecular formula is C19H29NO4. The SMILES string of the molecule is CCOC(=O)[C@H](CCc1ccccc1)NC(C)C(=O)OC(C)(C)C. The fraction of sp³-hybridized carbons (Fsp3) is 0.579. The molecule has 1 N–H and O–H groups in total. The zero-order chi connectivity index (χ0) is 18.2. The standard InChI is InChI=1S/C19H29NO4/c1-6-23-18(22)16(13-12-15-10-8-7-9-11-15)20-14(2)17(21)24-19(3,4)5/h7-11,14,16,20H,6,12-13H2,1-5H3/t14?,16-/m0/s1. The first-order valence-electron chi connectivity index (χ1n) is 8.42. The molecule has 0 amide bonds. The van der Waals surface area contributed by atoms with Crippen LogP contribution in [-0.4, -0.2) is 36.2 Å². The predicted octanol–water partition coefficient (Wildman–Crippen LogP) is 2.87. The molecule has 5 heteroatoms. The second-order valence-corrected chi connectivity index (χ2v) is 6.75. The van der Waals surface area contributed by atoms with Gasteiger partial charge in [0.05, 0.1) is 6.61 Å². The zero-order valence-electron chi connectivity index (χ0n) is 15.3. The first-order valence-corrected chi connectivity index (χ1v) is 8.42. The van der Waals surface area contributed by atoms with E-state index in [4.69, 9.17) is 9.47 Å².